The molecule has 1 rings (SSSR count). The van der Waals surface area contributed by atoms with Crippen molar-refractivity contribution >= 4 is 11.4 Å². The number of aliphatic hydroxyl groups excluding tert-OH is 1. The minimum atomic E-state index is 0.0808. The largest absolute Gasteiger partial charge is 0.397 e. The molecule has 0 saturated heterocycles. The lowest BCUT2D eigenvalue weighted by Gasteiger charge is -2.33. The fourth-order valence-electron chi connectivity index (χ4n) is 1.91. The van der Waals surface area contributed by atoms with Crippen LogP contribution in [0, 0.1) is 12.3 Å². The predicted octanol–water partition coefficient (Wildman–Crippen LogP) is 2.79. The molecule has 0 radical (unpaired) electrons. The number of aliphatic hydroxyl groups is 1. The van der Waals surface area contributed by atoms with Gasteiger partial charge in [0.05, 0.1) is 11.4 Å². The Morgan fingerprint density at radius 1 is 1.35 bits per heavy atom. The molecule has 0 aliphatic carbocycles. The molecule has 0 saturated carbocycles. The SMILES string of the molecule is Cc1cccc(N)c1NC(CCO)C(C)(C)C. The zero-order valence-electron chi connectivity index (χ0n) is 11.2. The van der Waals surface area contributed by atoms with Crippen molar-refractivity contribution in [2.24, 2.45) is 5.41 Å². The number of aryl methyl sites for hydroxylation is 1. The zero-order valence-corrected chi connectivity index (χ0v) is 11.2. The molecule has 1 unspecified atom stereocenters. The summed E-state index contributed by atoms with van der Waals surface area (Å²) >= 11 is 0. The molecular weight excluding hydrogens is 212 g/mol. The first-order valence-corrected chi connectivity index (χ1v) is 6.08. The van der Waals surface area contributed by atoms with Crippen LogP contribution in [0.15, 0.2) is 18.2 Å². The van der Waals surface area contributed by atoms with Crippen molar-refractivity contribution in [2.45, 2.75) is 40.2 Å². The van der Waals surface area contributed by atoms with Gasteiger partial charge in [-0.3, -0.25) is 0 Å². The molecule has 1 aromatic carbocycles. The predicted molar refractivity (Wildman–Crippen MR) is 74.2 cm³/mol. The van der Waals surface area contributed by atoms with Gasteiger partial charge < -0.3 is 16.2 Å². The summed E-state index contributed by atoms with van der Waals surface area (Å²) in [5.41, 5.74) is 8.95. The number of rotatable bonds is 4. The van der Waals surface area contributed by atoms with Gasteiger partial charge in [0.25, 0.3) is 0 Å². The van der Waals surface area contributed by atoms with Gasteiger partial charge in [0, 0.05) is 12.6 Å². The normalized spacial score (nSPS) is 13.5. The highest BCUT2D eigenvalue weighted by atomic mass is 16.3. The summed E-state index contributed by atoms with van der Waals surface area (Å²) < 4.78 is 0. The van der Waals surface area contributed by atoms with Gasteiger partial charge >= 0.3 is 0 Å². The molecule has 0 aliphatic rings. The van der Waals surface area contributed by atoms with Crippen molar-refractivity contribution in [3.8, 4) is 0 Å². The summed E-state index contributed by atoms with van der Waals surface area (Å²) in [6.45, 7) is 8.70. The number of para-hydroxylation sites is 1. The van der Waals surface area contributed by atoms with E-state index in [0.29, 0.717) is 0 Å². The van der Waals surface area contributed by atoms with Crippen LogP contribution >= 0.6 is 0 Å². The van der Waals surface area contributed by atoms with Crippen LogP contribution in [-0.4, -0.2) is 17.8 Å². The minimum absolute atomic E-state index is 0.0808. The Kier molecular flexibility index (Phi) is 4.40. The zero-order chi connectivity index (χ0) is 13.1. The molecular formula is C14H24N2O. The maximum atomic E-state index is 9.15. The molecule has 96 valence electrons. The summed E-state index contributed by atoms with van der Waals surface area (Å²) in [6.07, 6.45) is 0.720. The van der Waals surface area contributed by atoms with Gasteiger partial charge in [-0.1, -0.05) is 32.9 Å². The van der Waals surface area contributed by atoms with Gasteiger partial charge in [0.15, 0.2) is 0 Å². The van der Waals surface area contributed by atoms with Gasteiger partial charge in [-0.15, -0.1) is 0 Å². The number of benzene rings is 1. The Labute approximate surface area is 104 Å². The summed E-state index contributed by atoms with van der Waals surface area (Å²) in [4.78, 5) is 0. The third kappa shape index (κ3) is 3.63. The quantitative estimate of drug-likeness (QED) is 0.705. The highest BCUT2D eigenvalue weighted by Crippen LogP contribution is 2.30. The maximum Gasteiger partial charge on any atom is 0.0605 e. The van der Waals surface area contributed by atoms with Crippen LogP contribution in [-0.2, 0) is 0 Å². The molecule has 0 spiro atoms. The lowest BCUT2D eigenvalue weighted by Crippen LogP contribution is -2.35. The second-order valence-corrected chi connectivity index (χ2v) is 5.61. The van der Waals surface area contributed by atoms with Crippen molar-refractivity contribution < 1.29 is 5.11 Å². The van der Waals surface area contributed by atoms with Gasteiger partial charge in [0.1, 0.15) is 0 Å². The Balaban J connectivity index is 2.94. The van der Waals surface area contributed by atoms with E-state index in [4.69, 9.17) is 10.8 Å². The van der Waals surface area contributed by atoms with Crippen LogP contribution in [0.25, 0.3) is 0 Å². The number of hydrogen-bond acceptors (Lipinski definition) is 3. The van der Waals surface area contributed by atoms with Crippen LogP contribution in [0.4, 0.5) is 11.4 Å². The Hall–Kier alpha value is -1.22. The molecule has 1 atom stereocenters. The van der Waals surface area contributed by atoms with Crippen molar-refractivity contribution in [3.05, 3.63) is 23.8 Å². The van der Waals surface area contributed by atoms with Crippen molar-refractivity contribution in [1.29, 1.82) is 0 Å². The summed E-state index contributed by atoms with van der Waals surface area (Å²) in [5, 5.41) is 12.6. The van der Waals surface area contributed by atoms with E-state index in [1.165, 1.54) is 0 Å². The first kappa shape index (κ1) is 13.8. The molecule has 0 aliphatic heterocycles. The van der Waals surface area contributed by atoms with E-state index >= 15 is 0 Å². The summed E-state index contributed by atoms with van der Waals surface area (Å²) in [7, 11) is 0. The number of hydrogen-bond donors (Lipinski definition) is 3. The third-order valence-corrected chi connectivity index (χ3v) is 3.09. The second kappa shape index (κ2) is 5.41. The first-order valence-electron chi connectivity index (χ1n) is 6.08. The van der Waals surface area contributed by atoms with E-state index in [1.807, 2.05) is 25.1 Å². The Bertz CT molecular complexity index is 349. The summed E-state index contributed by atoms with van der Waals surface area (Å²) in [5.74, 6) is 0. The smallest absolute Gasteiger partial charge is 0.0605 e. The molecule has 1 aromatic rings. The van der Waals surface area contributed by atoms with Crippen LogP contribution in [0.2, 0.25) is 0 Å². The number of nitrogens with one attached hydrogen (secondary N) is 1. The average molecular weight is 236 g/mol. The highest BCUT2D eigenvalue weighted by molar-refractivity contribution is 5.70. The minimum Gasteiger partial charge on any atom is -0.397 e. The summed E-state index contributed by atoms with van der Waals surface area (Å²) in [6, 6.07) is 6.09. The first-order chi connectivity index (χ1) is 7.86. The topological polar surface area (TPSA) is 58.3 Å². The number of nitrogens with two attached hydrogens (primary N) is 1. The molecule has 0 heterocycles. The highest BCUT2D eigenvalue weighted by Gasteiger charge is 2.24. The number of nitrogen functional groups attached to an aromatic ring is 1. The van der Waals surface area contributed by atoms with E-state index in [9.17, 15) is 0 Å². The van der Waals surface area contributed by atoms with Crippen molar-refractivity contribution in [2.75, 3.05) is 17.7 Å². The van der Waals surface area contributed by atoms with Crippen molar-refractivity contribution in [1.82, 2.24) is 0 Å². The second-order valence-electron chi connectivity index (χ2n) is 5.61. The Morgan fingerprint density at radius 3 is 2.47 bits per heavy atom. The van der Waals surface area contributed by atoms with E-state index < -0.39 is 0 Å². The molecule has 0 amide bonds. The Morgan fingerprint density at radius 2 is 2.00 bits per heavy atom. The molecule has 3 nitrogen and oxygen atoms in total. The third-order valence-electron chi connectivity index (χ3n) is 3.09. The van der Waals surface area contributed by atoms with Crippen LogP contribution in [0.5, 0.6) is 0 Å². The molecule has 4 N–H and O–H groups in total. The van der Waals surface area contributed by atoms with E-state index in [1.54, 1.807) is 0 Å². The molecule has 3 heteroatoms. The molecule has 0 bridgehead atoms. The van der Waals surface area contributed by atoms with E-state index in [0.717, 1.165) is 23.4 Å². The monoisotopic (exact) mass is 236 g/mol. The molecule has 0 aromatic heterocycles. The number of anilines is 2. The molecule has 17 heavy (non-hydrogen) atoms. The van der Waals surface area contributed by atoms with E-state index in [-0.39, 0.29) is 18.1 Å². The lowest BCUT2D eigenvalue weighted by molar-refractivity contribution is 0.235. The van der Waals surface area contributed by atoms with Gasteiger partial charge in [-0.25, -0.2) is 0 Å². The van der Waals surface area contributed by atoms with Crippen LogP contribution < -0.4 is 11.1 Å². The fraction of sp³-hybridized carbons (Fsp3) is 0.571. The standard InChI is InChI=1S/C14H24N2O/c1-10-6-5-7-11(15)13(10)16-12(8-9-17)14(2,3)4/h5-7,12,16-17H,8-9,15H2,1-4H3. The van der Waals surface area contributed by atoms with Gasteiger partial charge in [0.2, 0.25) is 0 Å². The van der Waals surface area contributed by atoms with Gasteiger partial charge in [-0.2, -0.15) is 0 Å². The lowest BCUT2D eigenvalue weighted by atomic mass is 9.84. The maximum absolute atomic E-state index is 9.15. The van der Waals surface area contributed by atoms with Crippen molar-refractivity contribution in [3.63, 3.8) is 0 Å². The van der Waals surface area contributed by atoms with Crippen LogP contribution in [0.1, 0.15) is 32.8 Å². The van der Waals surface area contributed by atoms with Crippen LogP contribution in [0.3, 0.4) is 0 Å². The molecule has 0 fully saturated rings. The van der Waals surface area contributed by atoms with E-state index in [2.05, 4.69) is 26.1 Å². The van der Waals surface area contributed by atoms with Gasteiger partial charge in [-0.05, 0) is 30.4 Å². The fourth-order valence-corrected chi connectivity index (χ4v) is 1.91. The average Bonchev–Trinajstić information content (AvgIpc) is 2.20.